The van der Waals surface area contributed by atoms with Crippen LogP contribution in [0.4, 0.5) is 0 Å². The molecule has 0 unspecified atom stereocenters. The highest BCUT2D eigenvalue weighted by Crippen LogP contribution is 2.27. The van der Waals surface area contributed by atoms with E-state index in [2.05, 4.69) is 54.3 Å². The van der Waals surface area contributed by atoms with Crippen LogP contribution in [0, 0.1) is 0 Å². The number of methoxy groups -OCH3 is 1. The number of benzene rings is 1. The van der Waals surface area contributed by atoms with Gasteiger partial charge in [-0.25, -0.2) is 24.4 Å². The summed E-state index contributed by atoms with van der Waals surface area (Å²) in [6, 6.07) is 10.6. The number of hydrogen-bond donors (Lipinski definition) is 0. The molecule has 44 heavy (non-hydrogen) atoms. The summed E-state index contributed by atoms with van der Waals surface area (Å²) in [6.45, 7) is 15.0. The van der Waals surface area contributed by atoms with E-state index in [1.807, 2.05) is 10.8 Å². The zero-order valence-corrected chi connectivity index (χ0v) is 29.7. The van der Waals surface area contributed by atoms with Gasteiger partial charge >= 0.3 is 5.97 Å². The van der Waals surface area contributed by atoms with Gasteiger partial charge in [-0.3, -0.25) is 9.36 Å². The quantitative estimate of drug-likeness (QED) is 0.0538. The number of fused-ring (bicyclic) bond motifs is 1. The normalized spacial score (nSPS) is 12.2. The minimum atomic E-state index is -1.33. The summed E-state index contributed by atoms with van der Waals surface area (Å²) in [4.78, 5) is 40.1. The molecule has 0 amide bonds. The Labute approximate surface area is 264 Å². The zero-order chi connectivity index (χ0) is 32.1. The lowest BCUT2D eigenvalue weighted by Crippen LogP contribution is -2.28. The maximum atomic E-state index is 14.0. The van der Waals surface area contributed by atoms with E-state index >= 15 is 0 Å². The molecule has 0 N–H and O–H groups in total. The van der Waals surface area contributed by atoms with E-state index in [-0.39, 0.29) is 19.0 Å². The Kier molecular flexibility index (Phi) is 10.9. The molecule has 0 aliphatic carbocycles. The smallest absolute Gasteiger partial charge is 0.337 e. The van der Waals surface area contributed by atoms with Gasteiger partial charge < -0.3 is 14.2 Å². The fourth-order valence-electron chi connectivity index (χ4n) is 4.27. The van der Waals surface area contributed by atoms with Gasteiger partial charge in [0.25, 0.3) is 5.56 Å². The van der Waals surface area contributed by atoms with Gasteiger partial charge in [-0.15, -0.1) is 0 Å². The van der Waals surface area contributed by atoms with Crippen molar-refractivity contribution in [3.05, 3.63) is 52.4 Å². The molecular weight excluding hydrogens is 613 g/mol. The number of thioether (sulfide) groups is 1. The first-order valence-corrected chi connectivity index (χ1v) is 23.2. The standard InChI is InChI=1S/C30H42N6O5SSi2/c1-39-29(38)21-9-10-26-25(17-21)32-27(35(26)19-40-13-15-43(3,4)5)22-18-24(23-11-12-31-30(33-23)42-2)34-36(28(22)37)20-41-14-16-44(6,7)8/h9-12,17-18H,13-16,19-20H2,1-8H3. The molecule has 0 saturated carbocycles. The Morgan fingerprint density at radius 2 is 1.59 bits per heavy atom. The van der Waals surface area contributed by atoms with E-state index in [1.54, 1.807) is 36.5 Å². The number of carbonyl (C=O) groups is 1. The van der Waals surface area contributed by atoms with Crippen LogP contribution in [0.25, 0.3) is 33.8 Å². The minimum Gasteiger partial charge on any atom is -0.465 e. The number of esters is 1. The average Bonchev–Trinajstić information content (AvgIpc) is 3.34. The molecule has 14 heteroatoms. The van der Waals surface area contributed by atoms with Crippen molar-refractivity contribution in [2.45, 2.75) is 70.0 Å². The van der Waals surface area contributed by atoms with Gasteiger partial charge in [-0.05, 0) is 48.7 Å². The molecule has 1 aromatic carbocycles. The van der Waals surface area contributed by atoms with Crippen molar-refractivity contribution < 1.29 is 19.0 Å². The number of ether oxygens (including phenoxy) is 3. The zero-order valence-electron chi connectivity index (χ0n) is 26.8. The molecule has 0 atom stereocenters. The molecule has 0 spiro atoms. The van der Waals surface area contributed by atoms with E-state index in [9.17, 15) is 9.59 Å². The SMILES string of the molecule is COC(=O)c1ccc2c(c1)nc(-c1cc(-c3ccnc(SC)n3)nn(COCC[Si](C)(C)C)c1=O)n2COCC[Si](C)(C)C. The van der Waals surface area contributed by atoms with Crippen LogP contribution in [0.3, 0.4) is 0 Å². The number of carbonyl (C=O) groups excluding carboxylic acids is 1. The first-order valence-electron chi connectivity index (χ1n) is 14.5. The third-order valence-corrected chi connectivity index (χ3v) is 10.9. The highest BCUT2D eigenvalue weighted by molar-refractivity contribution is 7.98. The fraction of sp³-hybridized carbons (Fsp3) is 0.467. The van der Waals surface area contributed by atoms with Gasteiger partial charge in [0.1, 0.15) is 25.0 Å². The van der Waals surface area contributed by atoms with Crippen LogP contribution in [0.5, 0.6) is 0 Å². The van der Waals surface area contributed by atoms with Crippen LogP contribution >= 0.6 is 11.8 Å². The topological polar surface area (TPSA) is 123 Å². The van der Waals surface area contributed by atoms with E-state index < -0.39 is 22.1 Å². The highest BCUT2D eigenvalue weighted by atomic mass is 32.2. The summed E-state index contributed by atoms with van der Waals surface area (Å²) in [5, 5.41) is 5.23. The van der Waals surface area contributed by atoms with Crippen molar-refractivity contribution in [2.75, 3.05) is 26.6 Å². The Morgan fingerprint density at radius 1 is 0.909 bits per heavy atom. The molecule has 0 aliphatic rings. The lowest BCUT2D eigenvalue weighted by Gasteiger charge is -2.17. The van der Waals surface area contributed by atoms with Crippen LogP contribution in [0.2, 0.25) is 51.4 Å². The second-order valence-electron chi connectivity index (χ2n) is 12.9. The molecule has 4 rings (SSSR count). The monoisotopic (exact) mass is 654 g/mol. The lowest BCUT2D eigenvalue weighted by molar-refractivity contribution is 0.0601. The third-order valence-electron chi connectivity index (χ3n) is 6.89. The number of rotatable bonds is 14. The number of imidazole rings is 1. The van der Waals surface area contributed by atoms with Gasteiger partial charge in [0.05, 0.1) is 35.0 Å². The lowest BCUT2D eigenvalue weighted by atomic mass is 10.2. The minimum absolute atomic E-state index is 0.00987. The van der Waals surface area contributed by atoms with Gasteiger partial charge in [-0.1, -0.05) is 51.0 Å². The van der Waals surface area contributed by atoms with Crippen molar-refractivity contribution >= 4 is 44.9 Å². The van der Waals surface area contributed by atoms with Crippen molar-refractivity contribution in [1.82, 2.24) is 29.3 Å². The molecular formula is C30H42N6O5SSi2. The van der Waals surface area contributed by atoms with Crippen LogP contribution in [-0.4, -0.2) is 78.0 Å². The fourth-order valence-corrected chi connectivity index (χ4v) is 6.14. The summed E-state index contributed by atoms with van der Waals surface area (Å²) in [6.07, 6.45) is 3.57. The molecule has 0 saturated heterocycles. The van der Waals surface area contributed by atoms with Gasteiger partial charge in [-0.2, -0.15) is 5.10 Å². The maximum Gasteiger partial charge on any atom is 0.337 e. The average molecular weight is 655 g/mol. The van der Waals surface area contributed by atoms with E-state index in [1.165, 1.54) is 23.6 Å². The molecule has 3 heterocycles. The van der Waals surface area contributed by atoms with E-state index in [4.69, 9.17) is 19.2 Å². The third kappa shape index (κ3) is 8.72. The Hall–Kier alpha value is -3.18. The number of hydrogen-bond acceptors (Lipinski definition) is 10. The number of aromatic nitrogens is 6. The Bertz CT molecular complexity index is 1680. The van der Waals surface area contributed by atoms with Crippen LogP contribution in [0.1, 0.15) is 10.4 Å². The Balaban J connectivity index is 1.85. The molecule has 0 radical (unpaired) electrons. The van der Waals surface area contributed by atoms with Crippen LogP contribution < -0.4 is 5.56 Å². The summed E-state index contributed by atoms with van der Waals surface area (Å²) in [5.74, 6) is -0.0644. The molecule has 236 valence electrons. The second kappa shape index (κ2) is 14.3. The van der Waals surface area contributed by atoms with E-state index in [0.717, 1.165) is 17.6 Å². The second-order valence-corrected chi connectivity index (χ2v) is 24.9. The summed E-state index contributed by atoms with van der Waals surface area (Å²) in [5.41, 5.74) is 2.65. The molecule has 11 nitrogen and oxygen atoms in total. The molecule has 0 bridgehead atoms. The molecule has 0 aliphatic heterocycles. The highest BCUT2D eigenvalue weighted by Gasteiger charge is 2.22. The predicted molar refractivity (Wildman–Crippen MR) is 180 cm³/mol. The molecule has 3 aromatic heterocycles. The summed E-state index contributed by atoms with van der Waals surface area (Å²) >= 11 is 1.42. The van der Waals surface area contributed by atoms with Crippen molar-refractivity contribution in [3.63, 3.8) is 0 Å². The Morgan fingerprint density at radius 3 is 2.23 bits per heavy atom. The summed E-state index contributed by atoms with van der Waals surface area (Å²) < 4.78 is 20.2. The molecule has 4 aromatic rings. The summed E-state index contributed by atoms with van der Waals surface area (Å²) in [7, 11) is -1.31. The van der Waals surface area contributed by atoms with Crippen molar-refractivity contribution in [2.24, 2.45) is 0 Å². The first kappa shape index (κ1) is 33.7. The predicted octanol–water partition coefficient (Wildman–Crippen LogP) is 5.85. The maximum absolute atomic E-state index is 14.0. The first-order chi connectivity index (χ1) is 20.8. The largest absolute Gasteiger partial charge is 0.465 e. The van der Waals surface area contributed by atoms with Crippen LogP contribution in [0.15, 0.2) is 46.5 Å². The van der Waals surface area contributed by atoms with Crippen LogP contribution in [-0.2, 0) is 27.7 Å². The van der Waals surface area contributed by atoms with E-state index in [0.29, 0.717) is 52.2 Å². The van der Waals surface area contributed by atoms with Gasteiger partial charge in [0, 0.05) is 35.6 Å². The van der Waals surface area contributed by atoms with Gasteiger partial charge in [0.2, 0.25) is 0 Å². The number of nitrogens with zero attached hydrogens (tertiary/aromatic N) is 6. The van der Waals surface area contributed by atoms with Crippen molar-refractivity contribution in [1.29, 1.82) is 0 Å². The molecule has 0 fully saturated rings. The van der Waals surface area contributed by atoms with Crippen molar-refractivity contribution in [3.8, 4) is 22.8 Å². The van der Waals surface area contributed by atoms with Gasteiger partial charge in [0.15, 0.2) is 5.16 Å².